The van der Waals surface area contributed by atoms with Gasteiger partial charge in [0.15, 0.2) is 17.5 Å². The summed E-state index contributed by atoms with van der Waals surface area (Å²) < 4.78 is 17.5. The molecule has 6 nitrogen and oxygen atoms in total. The molecule has 5 aromatic heterocycles. The smallest absolute Gasteiger partial charge is 0.164 e. The van der Waals surface area contributed by atoms with Crippen LogP contribution in [0.1, 0.15) is 0 Å². The van der Waals surface area contributed by atoms with Crippen LogP contribution in [0.15, 0.2) is 227 Å². The molecule has 10 aromatic carbocycles. The molecule has 0 amide bonds. The first-order chi connectivity index (χ1) is 34.6. The van der Waals surface area contributed by atoms with Crippen molar-refractivity contribution in [3.8, 4) is 62.1 Å². The molecule has 0 fully saturated rings. The number of nitrogens with zero attached hydrogens (tertiary/aromatic N) is 4. The molecular formula is C63H36N4O2S. The first kappa shape index (κ1) is 38.9. The van der Waals surface area contributed by atoms with Crippen LogP contribution in [0.25, 0.3) is 148 Å². The first-order valence-corrected chi connectivity index (χ1v) is 24.2. The normalized spacial score (nSPS) is 12.0. The molecular weight excluding hydrogens is 877 g/mol. The summed E-state index contributed by atoms with van der Waals surface area (Å²) in [6.45, 7) is 0. The van der Waals surface area contributed by atoms with E-state index in [-0.39, 0.29) is 0 Å². The summed E-state index contributed by atoms with van der Waals surface area (Å²) in [5.41, 5.74) is 14.3. The number of thiophene rings is 1. The predicted octanol–water partition coefficient (Wildman–Crippen LogP) is 17.5. The Labute approximate surface area is 404 Å². The number of para-hydroxylation sites is 3. The predicted molar refractivity (Wildman–Crippen MR) is 289 cm³/mol. The van der Waals surface area contributed by atoms with E-state index in [4.69, 9.17) is 23.8 Å². The third kappa shape index (κ3) is 6.08. The van der Waals surface area contributed by atoms with E-state index in [9.17, 15) is 0 Å². The lowest BCUT2D eigenvalue weighted by Crippen LogP contribution is -2.00. The highest BCUT2D eigenvalue weighted by Gasteiger charge is 2.20. The standard InChI is InChI=1S/C63H36N4O2S/c1-3-12-37(13-4-1)61-64-62(42-26-31-55-51(33-42)46-17-8-10-20-54(46)68-55)66-63(65-61)49-18-11-21-58-60(49)48-29-24-41(36-59(48)70-58)40-23-28-47-50-32-38(25-30-56(50)69-57(47)35-40)39-22-27-45-44-16-7-9-19-52(44)67(53(45)34-39)43-14-5-2-6-15-43/h1-36H. The van der Waals surface area contributed by atoms with Crippen LogP contribution >= 0.6 is 11.3 Å². The van der Waals surface area contributed by atoms with Gasteiger partial charge in [0, 0.05) is 74.9 Å². The number of fused-ring (bicyclic) bond motifs is 12. The molecule has 15 rings (SSSR count). The summed E-state index contributed by atoms with van der Waals surface area (Å²) in [6, 6.07) is 76.9. The maximum atomic E-state index is 6.59. The highest BCUT2D eigenvalue weighted by Crippen LogP contribution is 2.43. The summed E-state index contributed by atoms with van der Waals surface area (Å²) in [5, 5.41) is 9.06. The lowest BCUT2D eigenvalue weighted by Gasteiger charge is -2.10. The number of furan rings is 2. The zero-order valence-corrected chi connectivity index (χ0v) is 38.1. The van der Waals surface area contributed by atoms with E-state index in [0.717, 1.165) is 99.3 Å². The van der Waals surface area contributed by atoms with Crippen LogP contribution in [0.2, 0.25) is 0 Å². The van der Waals surface area contributed by atoms with Crippen molar-refractivity contribution in [2.45, 2.75) is 0 Å². The van der Waals surface area contributed by atoms with E-state index in [1.165, 1.54) is 31.2 Å². The topological polar surface area (TPSA) is 69.9 Å². The van der Waals surface area contributed by atoms with Crippen molar-refractivity contribution in [2.24, 2.45) is 0 Å². The maximum absolute atomic E-state index is 6.59. The molecule has 0 bridgehead atoms. The molecule has 15 aromatic rings. The van der Waals surface area contributed by atoms with Crippen molar-refractivity contribution in [1.29, 1.82) is 0 Å². The Morgan fingerprint density at radius 2 is 0.871 bits per heavy atom. The summed E-state index contributed by atoms with van der Waals surface area (Å²) in [5.74, 6) is 1.86. The first-order valence-electron chi connectivity index (χ1n) is 23.4. The second-order valence-corrected chi connectivity index (χ2v) is 19.0. The second kappa shape index (κ2) is 15.2. The lowest BCUT2D eigenvalue weighted by molar-refractivity contribution is 0.668. The molecule has 0 atom stereocenters. The molecule has 0 spiro atoms. The summed E-state index contributed by atoms with van der Waals surface area (Å²) >= 11 is 1.79. The van der Waals surface area contributed by atoms with Gasteiger partial charge in [-0.1, -0.05) is 133 Å². The quantitative estimate of drug-likeness (QED) is 0.166. The molecule has 0 aliphatic carbocycles. The third-order valence-corrected chi connectivity index (χ3v) is 15.0. The van der Waals surface area contributed by atoms with Gasteiger partial charge in [-0.15, -0.1) is 11.3 Å². The van der Waals surface area contributed by atoms with Gasteiger partial charge in [0.1, 0.15) is 22.3 Å². The van der Waals surface area contributed by atoms with E-state index < -0.39 is 0 Å². The van der Waals surface area contributed by atoms with Gasteiger partial charge in [-0.05, 0) is 107 Å². The lowest BCUT2D eigenvalue weighted by atomic mass is 9.99. The Bertz CT molecular complexity index is 4600. The van der Waals surface area contributed by atoms with Crippen molar-refractivity contribution in [3.63, 3.8) is 0 Å². The Balaban J connectivity index is 0.805. The summed E-state index contributed by atoms with van der Waals surface area (Å²) in [4.78, 5) is 15.4. The Morgan fingerprint density at radius 1 is 0.314 bits per heavy atom. The number of hydrogen-bond acceptors (Lipinski definition) is 6. The molecule has 0 unspecified atom stereocenters. The van der Waals surface area contributed by atoms with Gasteiger partial charge in [0.05, 0.1) is 11.0 Å². The van der Waals surface area contributed by atoms with Crippen molar-refractivity contribution in [2.75, 3.05) is 0 Å². The van der Waals surface area contributed by atoms with Gasteiger partial charge < -0.3 is 13.4 Å². The highest BCUT2D eigenvalue weighted by molar-refractivity contribution is 7.26. The largest absolute Gasteiger partial charge is 0.456 e. The molecule has 7 heteroatoms. The third-order valence-electron chi connectivity index (χ3n) is 13.9. The van der Waals surface area contributed by atoms with Crippen LogP contribution in [0.3, 0.4) is 0 Å². The molecule has 0 saturated carbocycles. The molecule has 5 heterocycles. The Morgan fingerprint density at radius 3 is 1.70 bits per heavy atom. The van der Waals surface area contributed by atoms with Crippen molar-refractivity contribution < 1.29 is 8.83 Å². The average molecular weight is 913 g/mol. The Kier molecular flexibility index (Phi) is 8.43. The van der Waals surface area contributed by atoms with Crippen LogP contribution in [-0.2, 0) is 0 Å². The molecule has 0 aliphatic heterocycles. The van der Waals surface area contributed by atoms with Crippen molar-refractivity contribution in [1.82, 2.24) is 19.5 Å². The number of hydrogen-bond donors (Lipinski definition) is 0. The number of rotatable bonds is 6. The molecule has 326 valence electrons. The SMILES string of the molecule is c1ccc(-c2nc(-c3ccc4oc5ccccc5c4c3)nc(-c3cccc4sc5cc(-c6ccc7c(c6)oc6ccc(-c8ccc9c%10ccccc%10n(-c%10ccccc%10)c9c8)cc67)ccc5c34)n2)cc1. The summed E-state index contributed by atoms with van der Waals surface area (Å²) in [6.07, 6.45) is 0. The van der Waals surface area contributed by atoms with Gasteiger partial charge in [-0.3, -0.25) is 0 Å². The maximum Gasteiger partial charge on any atom is 0.164 e. The minimum absolute atomic E-state index is 0.608. The molecule has 0 N–H and O–H groups in total. The van der Waals surface area contributed by atoms with E-state index >= 15 is 0 Å². The van der Waals surface area contributed by atoms with Gasteiger partial charge in [-0.2, -0.15) is 0 Å². The van der Waals surface area contributed by atoms with E-state index in [1.54, 1.807) is 11.3 Å². The number of aromatic nitrogens is 4. The van der Waals surface area contributed by atoms with Gasteiger partial charge in [-0.25, -0.2) is 15.0 Å². The van der Waals surface area contributed by atoms with E-state index in [1.807, 2.05) is 60.7 Å². The van der Waals surface area contributed by atoms with Gasteiger partial charge >= 0.3 is 0 Å². The molecule has 70 heavy (non-hydrogen) atoms. The fourth-order valence-corrected chi connectivity index (χ4v) is 11.7. The van der Waals surface area contributed by atoms with Crippen molar-refractivity contribution >= 4 is 97.2 Å². The van der Waals surface area contributed by atoms with E-state index in [0.29, 0.717) is 17.5 Å². The molecule has 0 radical (unpaired) electrons. The minimum atomic E-state index is 0.608. The fraction of sp³-hybridized carbons (Fsp3) is 0. The van der Waals surface area contributed by atoms with Crippen LogP contribution in [-0.4, -0.2) is 19.5 Å². The van der Waals surface area contributed by atoms with Crippen LogP contribution in [0.4, 0.5) is 0 Å². The monoisotopic (exact) mass is 912 g/mol. The van der Waals surface area contributed by atoms with Gasteiger partial charge in [0.2, 0.25) is 0 Å². The zero-order valence-electron chi connectivity index (χ0n) is 37.3. The average Bonchev–Trinajstić information content (AvgIpc) is 4.19. The van der Waals surface area contributed by atoms with E-state index in [2.05, 4.69) is 162 Å². The Hall–Kier alpha value is -9.17. The van der Waals surface area contributed by atoms with Crippen molar-refractivity contribution in [3.05, 3.63) is 218 Å². The fourth-order valence-electron chi connectivity index (χ4n) is 10.5. The number of benzene rings is 10. The van der Waals surface area contributed by atoms with Crippen LogP contribution in [0, 0.1) is 0 Å². The summed E-state index contributed by atoms with van der Waals surface area (Å²) in [7, 11) is 0. The van der Waals surface area contributed by atoms with Crippen LogP contribution < -0.4 is 0 Å². The second-order valence-electron chi connectivity index (χ2n) is 17.9. The molecule has 0 aliphatic rings. The highest BCUT2D eigenvalue weighted by atomic mass is 32.1. The minimum Gasteiger partial charge on any atom is -0.456 e. The van der Waals surface area contributed by atoms with Crippen LogP contribution in [0.5, 0.6) is 0 Å². The zero-order chi connectivity index (χ0) is 45.9. The molecule has 0 saturated heterocycles. The van der Waals surface area contributed by atoms with Gasteiger partial charge in [0.25, 0.3) is 0 Å².